The molecule has 0 saturated carbocycles. The van der Waals surface area contributed by atoms with E-state index in [2.05, 4.69) is 0 Å². The van der Waals surface area contributed by atoms with Crippen molar-refractivity contribution in [3.05, 3.63) is 41.8 Å². The van der Waals surface area contributed by atoms with Crippen molar-refractivity contribution in [2.75, 3.05) is 5.73 Å². The van der Waals surface area contributed by atoms with E-state index in [1.165, 1.54) is 0 Å². The SMILES string of the molecule is CC1=CN(Cc2ccccc2N)C(C=O)O1. The molecule has 4 nitrogen and oxygen atoms in total. The number of benzene rings is 1. The van der Waals surface area contributed by atoms with Crippen molar-refractivity contribution in [3.63, 3.8) is 0 Å². The second-order valence-corrected chi connectivity index (χ2v) is 3.76. The number of nitrogens with zero attached hydrogens (tertiary/aromatic N) is 1. The molecule has 0 fully saturated rings. The maximum absolute atomic E-state index is 10.8. The molecule has 0 amide bonds. The molecule has 1 aromatic rings. The summed E-state index contributed by atoms with van der Waals surface area (Å²) >= 11 is 0. The van der Waals surface area contributed by atoms with Crippen molar-refractivity contribution in [2.24, 2.45) is 0 Å². The monoisotopic (exact) mass is 218 g/mol. The van der Waals surface area contributed by atoms with Gasteiger partial charge in [0.15, 0.2) is 6.29 Å². The van der Waals surface area contributed by atoms with E-state index >= 15 is 0 Å². The predicted octanol–water partition coefficient (Wildman–Crippen LogP) is 1.49. The summed E-state index contributed by atoms with van der Waals surface area (Å²) in [5, 5.41) is 0. The zero-order valence-electron chi connectivity index (χ0n) is 9.09. The maximum Gasteiger partial charge on any atom is 0.228 e. The largest absolute Gasteiger partial charge is 0.467 e. The second-order valence-electron chi connectivity index (χ2n) is 3.76. The number of nitrogen functional groups attached to an aromatic ring is 1. The van der Waals surface area contributed by atoms with Gasteiger partial charge in [-0.1, -0.05) is 18.2 Å². The van der Waals surface area contributed by atoms with E-state index in [-0.39, 0.29) is 0 Å². The summed E-state index contributed by atoms with van der Waals surface area (Å²) < 4.78 is 5.31. The molecule has 2 N–H and O–H groups in total. The minimum absolute atomic E-state index is 0.528. The molecule has 0 saturated heterocycles. The summed E-state index contributed by atoms with van der Waals surface area (Å²) in [6.45, 7) is 2.40. The van der Waals surface area contributed by atoms with Crippen molar-refractivity contribution in [3.8, 4) is 0 Å². The van der Waals surface area contributed by atoms with Crippen LogP contribution in [-0.4, -0.2) is 17.4 Å². The smallest absolute Gasteiger partial charge is 0.228 e. The van der Waals surface area contributed by atoms with Crippen LogP contribution in [0.15, 0.2) is 36.2 Å². The van der Waals surface area contributed by atoms with Gasteiger partial charge in [0.2, 0.25) is 6.23 Å². The van der Waals surface area contributed by atoms with E-state index in [4.69, 9.17) is 10.5 Å². The van der Waals surface area contributed by atoms with Gasteiger partial charge in [-0.3, -0.25) is 4.79 Å². The number of para-hydroxylation sites is 1. The van der Waals surface area contributed by atoms with E-state index in [1.807, 2.05) is 42.3 Å². The lowest BCUT2D eigenvalue weighted by Gasteiger charge is -2.20. The van der Waals surface area contributed by atoms with Gasteiger partial charge in [-0.25, -0.2) is 0 Å². The van der Waals surface area contributed by atoms with Gasteiger partial charge in [0.05, 0.1) is 0 Å². The summed E-state index contributed by atoms with van der Waals surface area (Å²) in [4.78, 5) is 12.6. The van der Waals surface area contributed by atoms with Gasteiger partial charge in [-0.05, 0) is 18.6 Å². The highest BCUT2D eigenvalue weighted by Gasteiger charge is 2.23. The van der Waals surface area contributed by atoms with Crippen LogP contribution in [0, 0.1) is 0 Å². The van der Waals surface area contributed by atoms with Gasteiger partial charge in [-0.15, -0.1) is 0 Å². The number of carbonyl (C=O) groups excluding carboxylic acids is 1. The summed E-state index contributed by atoms with van der Waals surface area (Å²) in [6.07, 6.45) is 2.08. The van der Waals surface area contributed by atoms with Gasteiger partial charge in [0.1, 0.15) is 5.76 Å². The third kappa shape index (κ3) is 2.00. The molecular weight excluding hydrogens is 204 g/mol. The predicted molar refractivity (Wildman–Crippen MR) is 61.1 cm³/mol. The molecule has 0 aliphatic carbocycles. The fraction of sp³-hybridized carbons (Fsp3) is 0.250. The number of allylic oxidation sites excluding steroid dienone is 1. The molecule has 1 aliphatic rings. The van der Waals surface area contributed by atoms with Crippen LogP contribution in [0.4, 0.5) is 5.69 Å². The Morgan fingerprint density at radius 2 is 2.25 bits per heavy atom. The highest BCUT2D eigenvalue weighted by molar-refractivity contribution is 5.57. The van der Waals surface area contributed by atoms with Gasteiger partial charge >= 0.3 is 0 Å². The van der Waals surface area contributed by atoms with Crippen LogP contribution in [-0.2, 0) is 16.1 Å². The second kappa shape index (κ2) is 4.26. The van der Waals surface area contributed by atoms with Crippen LogP contribution in [0.25, 0.3) is 0 Å². The van der Waals surface area contributed by atoms with Crippen molar-refractivity contribution >= 4 is 12.0 Å². The Morgan fingerprint density at radius 1 is 1.50 bits per heavy atom. The number of carbonyl (C=O) groups is 1. The number of hydrogen-bond acceptors (Lipinski definition) is 4. The third-order valence-electron chi connectivity index (χ3n) is 2.51. The first kappa shape index (κ1) is 10.5. The summed E-state index contributed by atoms with van der Waals surface area (Å²) in [7, 11) is 0. The summed E-state index contributed by atoms with van der Waals surface area (Å²) in [6, 6.07) is 7.60. The third-order valence-corrected chi connectivity index (χ3v) is 2.51. The molecule has 0 aromatic heterocycles. The molecule has 0 radical (unpaired) electrons. The van der Waals surface area contributed by atoms with Gasteiger partial charge in [0, 0.05) is 18.4 Å². The number of aldehydes is 1. The highest BCUT2D eigenvalue weighted by atomic mass is 16.5. The summed E-state index contributed by atoms with van der Waals surface area (Å²) in [5.41, 5.74) is 7.56. The molecule has 1 atom stereocenters. The Hall–Kier alpha value is -1.97. The first-order valence-corrected chi connectivity index (χ1v) is 5.10. The van der Waals surface area contributed by atoms with E-state index in [9.17, 15) is 4.79 Å². The van der Waals surface area contributed by atoms with Crippen LogP contribution in [0.2, 0.25) is 0 Å². The molecule has 0 bridgehead atoms. The molecule has 1 heterocycles. The average molecular weight is 218 g/mol. The van der Waals surface area contributed by atoms with Crippen LogP contribution in [0.5, 0.6) is 0 Å². The standard InChI is InChI=1S/C12H14N2O2/c1-9-6-14(12(8-15)16-9)7-10-4-2-3-5-11(10)13/h2-6,8,12H,7,13H2,1H3. The lowest BCUT2D eigenvalue weighted by atomic mass is 10.1. The Labute approximate surface area is 94.3 Å². The maximum atomic E-state index is 10.8. The molecule has 0 spiro atoms. The normalized spacial score (nSPS) is 19.2. The van der Waals surface area contributed by atoms with E-state index in [1.54, 1.807) is 0 Å². The molecule has 1 aliphatic heterocycles. The molecule has 16 heavy (non-hydrogen) atoms. The molecule has 1 aromatic carbocycles. The van der Waals surface area contributed by atoms with Crippen LogP contribution in [0.1, 0.15) is 12.5 Å². The van der Waals surface area contributed by atoms with Crippen LogP contribution >= 0.6 is 0 Å². The Kier molecular flexibility index (Phi) is 2.81. The number of ether oxygens (including phenoxy) is 1. The number of nitrogens with two attached hydrogens (primary N) is 1. The van der Waals surface area contributed by atoms with Crippen LogP contribution in [0.3, 0.4) is 0 Å². The van der Waals surface area contributed by atoms with E-state index < -0.39 is 6.23 Å². The minimum Gasteiger partial charge on any atom is -0.467 e. The average Bonchev–Trinajstić information content (AvgIpc) is 2.62. The van der Waals surface area contributed by atoms with Gasteiger partial charge in [0.25, 0.3) is 0 Å². The Bertz CT molecular complexity index is 429. The highest BCUT2D eigenvalue weighted by Crippen LogP contribution is 2.21. The molecular formula is C12H14N2O2. The van der Waals surface area contributed by atoms with Gasteiger partial charge in [-0.2, -0.15) is 0 Å². The van der Waals surface area contributed by atoms with Crippen molar-refractivity contribution in [1.82, 2.24) is 4.90 Å². The Morgan fingerprint density at radius 3 is 2.94 bits per heavy atom. The fourth-order valence-corrected chi connectivity index (χ4v) is 1.71. The lowest BCUT2D eigenvalue weighted by molar-refractivity contribution is -0.121. The first-order chi connectivity index (χ1) is 7.70. The van der Waals surface area contributed by atoms with Gasteiger partial charge < -0.3 is 15.4 Å². The molecule has 1 unspecified atom stereocenters. The minimum atomic E-state index is -0.528. The quantitative estimate of drug-likeness (QED) is 0.617. The van der Waals surface area contributed by atoms with Crippen molar-refractivity contribution < 1.29 is 9.53 Å². The summed E-state index contributed by atoms with van der Waals surface area (Å²) in [5.74, 6) is 0.742. The Balaban J connectivity index is 2.15. The number of anilines is 1. The number of rotatable bonds is 3. The first-order valence-electron chi connectivity index (χ1n) is 5.10. The fourth-order valence-electron chi connectivity index (χ4n) is 1.71. The molecule has 4 heteroatoms. The van der Waals surface area contributed by atoms with E-state index in [0.717, 1.165) is 23.3 Å². The van der Waals surface area contributed by atoms with Crippen LogP contribution < -0.4 is 5.73 Å². The van der Waals surface area contributed by atoms with E-state index in [0.29, 0.717) is 6.54 Å². The van der Waals surface area contributed by atoms with Crippen molar-refractivity contribution in [1.29, 1.82) is 0 Å². The zero-order valence-corrected chi connectivity index (χ0v) is 9.09. The number of hydrogen-bond donors (Lipinski definition) is 1. The molecule has 2 rings (SSSR count). The lowest BCUT2D eigenvalue weighted by Crippen LogP contribution is -2.29. The van der Waals surface area contributed by atoms with Crippen molar-refractivity contribution in [2.45, 2.75) is 19.7 Å². The zero-order chi connectivity index (χ0) is 11.5. The topological polar surface area (TPSA) is 55.6 Å². The molecule has 84 valence electrons.